The van der Waals surface area contributed by atoms with Gasteiger partial charge in [0, 0.05) is 12.2 Å². The van der Waals surface area contributed by atoms with Gasteiger partial charge in [-0.05, 0) is 30.5 Å². The summed E-state index contributed by atoms with van der Waals surface area (Å²) >= 11 is 0. The van der Waals surface area contributed by atoms with Crippen molar-refractivity contribution in [2.75, 3.05) is 6.54 Å². The number of rotatable bonds is 5. The molecule has 0 saturated heterocycles. The number of hydrogen-bond donors (Lipinski definition) is 1. The lowest BCUT2D eigenvalue weighted by Gasteiger charge is -2.27. The molecule has 0 bridgehead atoms. The van der Waals surface area contributed by atoms with Crippen molar-refractivity contribution < 1.29 is 0 Å². The maximum atomic E-state index is 3.99. The van der Waals surface area contributed by atoms with Gasteiger partial charge in [0.2, 0.25) is 0 Å². The summed E-state index contributed by atoms with van der Waals surface area (Å²) in [5.41, 5.74) is 1.28. The summed E-state index contributed by atoms with van der Waals surface area (Å²) in [4.78, 5) is 0. The molecule has 1 saturated carbocycles. The minimum Gasteiger partial charge on any atom is -0.310 e. The van der Waals surface area contributed by atoms with Gasteiger partial charge in [-0.2, -0.15) is 10.2 Å². The van der Waals surface area contributed by atoms with E-state index < -0.39 is 0 Å². The van der Waals surface area contributed by atoms with Crippen LogP contribution in [0.15, 0.2) is 18.5 Å². The molecule has 1 unspecified atom stereocenters. The van der Waals surface area contributed by atoms with Crippen molar-refractivity contribution in [3.63, 3.8) is 0 Å². The Morgan fingerprint density at radius 3 is 2.76 bits per heavy atom. The van der Waals surface area contributed by atoms with Crippen LogP contribution in [0, 0.1) is 5.92 Å². The Hall–Kier alpha value is -0.960. The molecular formula is C14H23N3. The maximum Gasteiger partial charge on any atom is 0.0544 e. The van der Waals surface area contributed by atoms with E-state index in [1.165, 1.54) is 44.1 Å². The van der Waals surface area contributed by atoms with Crippen molar-refractivity contribution in [1.82, 2.24) is 15.5 Å². The van der Waals surface area contributed by atoms with Gasteiger partial charge in [0.15, 0.2) is 0 Å². The Bertz CT molecular complexity index is 307. The van der Waals surface area contributed by atoms with E-state index >= 15 is 0 Å². The second kappa shape index (κ2) is 6.70. The molecule has 17 heavy (non-hydrogen) atoms. The molecular weight excluding hydrogens is 210 g/mol. The largest absolute Gasteiger partial charge is 0.310 e. The van der Waals surface area contributed by atoms with Crippen LogP contribution >= 0.6 is 0 Å². The molecule has 0 aromatic carbocycles. The third-order valence-corrected chi connectivity index (χ3v) is 3.75. The molecule has 0 aliphatic heterocycles. The van der Waals surface area contributed by atoms with Crippen molar-refractivity contribution in [2.45, 2.75) is 51.5 Å². The molecule has 1 N–H and O–H groups in total. The highest BCUT2D eigenvalue weighted by Gasteiger charge is 2.19. The first-order chi connectivity index (χ1) is 8.40. The van der Waals surface area contributed by atoms with Gasteiger partial charge in [0.25, 0.3) is 0 Å². The minimum absolute atomic E-state index is 0.457. The van der Waals surface area contributed by atoms with E-state index in [0.29, 0.717) is 6.04 Å². The van der Waals surface area contributed by atoms with Crippen LogP contribution in [0.1, 0.15) is 57.1 Å². The molecule has 0 spiro atoms. The van der Waals surface area contributed by atoms with E-state index in [4.69, 9.17) is 0 Å². The zero-order valence-corrected chi connectivity index (χ0v) is 10.7. The molecule has 3 heteroatoms. The highest BCUT2D eigenvalue weighted by atomic mass is 15.1. The van der Waals surface area contributed by atoms with E-state index in [-0.39, 0.29) is 0 Å². The van der Waals surface area contributed by atoms with Crippen LogP contribution < -0.4 is 5.32 Å². The SMILES string of the molecule is CCNC(CC1CCCCC1)c1ccnnc1. The smallest absolute Gasteiger partial charge is 0.0544 e. The summed E-state index contributed by atoms with van der Waals surface area (Å²) in [5, 5.41) is 11.4. The molecule has 0 amide bonds. The number of nitrogens with one attached hydrogen (secondary N) is 1. The van der Waals surface area contributed by atoms with Gasteiger partial charge in [0.05, 0.1) is 6.20 Å². The Morgan fingerprint density at radius 2 is 2.12 bits per heavy atom. The van der Waals surface area contributed by atoms with E-state index in [9.17, 15) is 0 Å². The van der Waals surface area contributed by atoms with Gasteiger partial charge in [-0.15, -0.1) is 0 Å². The first-order valence-corrected chi connectivity index (χ1v) is 6.90. The molecule has 1 aliphatic rings. The van der Waals surface area contributed by atoms with Gasteiger partial charge >= 0.3 is 0 Å². The van der Waals surface area contributed by atoms with Crippen molar-refractivity contribution in [3.05, 3.63) is 24.0 Å². The topological polar surface area (TPSA) is 37.8 Å². The average molecular weight is 233 g/mol. The number of nitrogens with zero attached hydrogens (tertiary/aromatic N) is 2. The summed E-state index contributed by atoms with van der Waals surface area (Å²) in [6.45, 7) is 3.18. The predicted octanol–water partition coefficient (Wildman–Crippen LogP) is 3.10. The highest BCUT2D eigenvalue weighted by Crippen LogP contribution is 2.31. The second-order valence-electron chi connectivity index (χ2n) is 5.03. The summed E-state index contributed by atoms with van der Waals surface area (Å²) in [6.07, 6.45) is 12.0. The van der Waals surface area contributed by atoms with Crippen molar-refractivity contribution in [1.29, 1.82) is 0 Å². The molecule has 1 fully saturated rings. The van der Waals surface area contributed by atoms with Crippen LogP contribution in [0.4, 0.5) is 0 Å². The van der Waals surface area contributed by atoms with Gasteiger partial charge in [-0.3, -0.25) is 0 Å². The molecule has 1 atom stereocenters. The fraction of sp³-hybridized carbons (Fsp3) is 0.714. The molecule has 3 nitrogen and oxygen atoms in total. The lowest BCUT2D eigenvalue weighted by molar-refractivity contribution is 0.301. The fourth-order valence-corrected chi connectivity index (χ4v) is 2.85. The van der Waals surface area contributed by atoms with Crippen LogP contribution in [0.3, 0.4) is 0 Å². The zero-order valence-electron chi connectivity index (χ0n) is 10.7. The van der Waals surface area contributed by atoms with E-state index in [2.05, 4.69) is 28.5 Å². The third kappa shape index (κ3) is 3.77. The van der Waals surface area contributed by atoms with Gasteiger partial charge < -0.3 is 5.32 Å². The van der Waals surface area contributed by atoms with Crippen molar-refractivity contribution in [2.24, 2.45) is 5.92 Å². The Labute approximate surface area is 104 Å². The van der Waals surface area contributed by atoms with Crippen LogP contribution in [-0.4, -0.2) is 16.7 Å². The van der Waals surface area contributed by atoms with Gasteiger partial charge in [-0.25, -0.2) is 0 Å². The number of aromatic nitrogens is 2. The molecule has 2 rings (SSSR count). The standard InChI is InChI=1S/C14H23N3/c1-2-15-14(13-8-9-16-17-11-13)10-12-6-4-3-5-7-12/h8-9,11-12,14-15H,2-7,10H2,1H3. The van der Waals surface area contributed by atoms with Crippen LogP contribution in [0.5, 0.6) is 0 Å². The van der Waals surface area contributed by atoms with E-state index in [1.54, 1.807) is 6.20 Å². The maximum absolute atomic E-state index is 3.99. The third-order valence-electron chi connectivity index (χ3n) is 3.75. The Morgan fingerprint density at radius 1 is 1.29 bits per heavy atom. The monoisotopic (exact) mass is 233 g/mol. The predicted molar refractivity (Wildman–Crippen MR) is 69.6 cm³/mol. The lowest BCUT2D eigenvalue weighted by Crippen LogP contribution is -2.24. The van der Waals surface area contributed by atoms with Crippen molar-refractivity contribution >= 4 is 0 Å². The lowest BCUT2D eigenvalue weighted by atomic mass is 9.83. The molecule has 0 radical (unpaired) electrons. The number of hydrogen-bond acceptors (Lipinski definition) is 3. The molecule has 94 valence electrons. The minimum atomic E-state index is 0.457. The molecule has 1 aliphatic carbocycles. The van der Waals surface area contributed by atoms with Crippen LogP contribution in [0.2, 0.25) is 0 Å². The summed E-state index contributed by atoms with van der Waals surface area (Å²) in [5.74, 6) is 0.890. The Balaban J connectivity index is 1.96. The van der Waals surface area contributed by atoms with E-state index in [1.807, 2.05) is 6.20 Å². The highest BCUT2D eigenvalue weighted by molar-refractivity contribution is 5.11. The van der Waals surface area contributed by atoms with Crippen LogP contribution in [-0.2, 0) is 0 Å². The summed E-state index contributed by atoms with van der Waals surface area (Å²) in [7, 11) is 0. The molecule has 1 aromatic rings. The fourth-order valence-electron chi connectivity index (χ4n) is 2.85. The van der Waals surface area contributed by atoms with Gasteiger partial charge in [-0.1, -0.05) is 39.0 Å². The van der Waals surface area contributed by atoms with E-state index in [0.717, 1.165) is 12.5 Å². The second-order valence-corrected chi connectivity index (χ2v) is 5.03. The zero-order chi connectivity index (χ0) is 11.9. The first kappa shape index (κ1) is 12.5. The summed E-state index contributed by atoms with van der Waals surface area (Å²) in [6, 6.07) is 2.54. The normalized spacial score (nSPS) is 19.1. The molecule has 1 heterocycles. The van der Waals surface area contributed by atoms with Crippen LogP contribution in [0.25, 0.3) is 0 Å². The van der Waals surface area contributed by atoms with Crippen molar-refractivity contribution in [3.8, 4) is 0 Å². The molecule has 1 aromatic heterocycles. The summed E-state index contributed by atoms with van der Waals surface area (Å²) < 4.78 is 0. The Kier molecular flexibility index (Phi) is 4.92. The first-order valence-electron chi connectivity index (χ1n) is 6.90. The quantitative estimate of drug-likeness (QED) is 0.849. The van der Waals surface area contributed by atoms with Gasteiger partial charge in [0.1, 0.15) is 0 Å². The average Bonchev–Trinajstić information content (AvgIpc) is 2.40.